The second-order valence-corrected chi connectivity index (χ2v) is 6.83. The van der Waals surface area contributed by atoms with E-state index in [-0.39, 0.29) is 11.5 Å². The molecule has 7 heteroatoms. The van der Waals surface area contributed by atoms with Gasteiger partial charge in [0.05, 0.1) is 0 Å². The molecular weight excluding hydrogens is 345 g/mol. The van der Waals surface area contributed by atoms with Crippen LogP contribution in [0.5, 0.6) is 11.5 Å². The number of hydrogen-bond donors (Lipinski definition) is 1. The lowest BCUT2D eigenvalue weighted by Crippen LogP contribution is -2.27. The summed E-state index contributed by atoms with van der Waals surface area (Å²) in [6, 6.07) is 13.5. The molecule has 1 aliphatic heterocycles. The van der Waals surface area contributed by atoms with Crippen molar-refractivity contribution in [3.63, 3.8) is 0 Å². The van der Waals surface area contributed by atoms with E-state index < -0.39 is 10.5 Å². The van der Waals surface area contributed by atoms with Gasteiger partial charge in [-0.15, -0.1) is 0 Å². The molecule has 0 aromatic heterocycles. The largest absolute Gasteiger partial charge is 0.508 e. The number of benzene rings is 2. The minimum Gasteiger partial charge on any atom is -0.508 e. The van der Waals surface area contributed by atoms with Gasteiger partial charge >= 0.3 is 10.5 Å². The molecule has 1 N–H and O–H groups in total. The van der Waals surface area contributed by atoms with Gasteiger partial charge in [-0.2, -0.15) is 8.42 Å². The normalized spacial score (nSPS) is 15.6. The molecule has 25 heavy (non-hydrogen) atoms. The average molecular weight is 363 g/mol. The standard InChI is InChI=1S/C18H18FNO4S/c19-25(22,23)24-18-7-1-14(2-8-18)13-20-11-9-16(10-12-20)15-3-5-17(21)6-4-15/h1-9,21H,10-13H2. The molecule has 2 aromatic carbocycles. The van der Waals surface area contributed by atoms with Crippen LogP contribution in [0.2, 0.25) is 0 Å². The van der Waals surface area contributed by atoms with Crippen molar-refractivity contribution in [3.05, 3.63) is 65.7 Å². The SMILES string of the molecule is O=S(=O)(F)Oc1ccc(CN2CC=C(c3ccc(O)cc3)CC2)cc1. The molecule has 132 valence electrons. The molecule has 0 fully saturated rings. The third-order valence-electron chi connectivity index (χ3n) is 4.06. The highest BCUT2D eigenvalue weighted by Gasteiger charge is 2.14. The van der Waals surface area contributed by atoms with Crippen molar-refractivity contribution in [2.24, 2.45) is 0 Å². The fourth-order valence-electron chi connectivity index (χ4n) is 2.82. The number of hydrogen-bond acceptors (Lipinski definition) is 5. The van der Waals surface area contributed by atoms with Gasteiger partial charge in [-0.3, -0.25) is 4.90 Å². The Labute approximate surface area is 146 Å². The summed E-state index contributed by atoms with van der Waals surface area (Å²) in [7, 11) is -4.99. The molecule has 0 amide bonds. The number of phenols is 1. The van der Waals surface area contributed by atoms with E-state index in [1.165, 1.54) is 17.7 Å². The Morgan fingerprint density at radius 3 is 2.32 bits per heavy atom. The Hall–Kier alpha value is -2.38. The maximum absolute atomic E-state index is 12.5. The van der Waals surface area contributed by atoms with Gasteiger partial charge in [-0.25, -0.2) is 0 Å². The van der Waals surface area contributed by atoms with Crippen LogP contribution in [0.25, 0.3) is 5.57 Å². The van der Waals surface area contributed by atoms with Gasteiger partial charge in [-0.05, 0) is 47.4 Å². The summed E-state index contributed by atoms with van der Waals surface area (Å²) >= 11 is 0. The van der Waals surface area contributed by atoms with Crippen molar-refractivity contribution in [1.29, 1.82) is 0 Å². The smallest absolute Gasteiger partial charge is 0.488 e. The Morgan fingerprint density at radius 2 is 1.76 bits per heavy atom. The molecule has 0 saturated carbocycles. The highest BCUT2D eigenvalue weighted by atomic mass is 32.3. The van der Waals surface area contributed by atoms with Gasteiger partial charge in [0, 0.05) is 19.6 Å². The van der Waals surface area contributed by atoms with Crippen LogP contribution >= 0.6 is 0 Å². The minimum absolute atomic E-state index is 0.0422. The topological polar surface area (TPSA) is 66.8 Å². The summed E-state index contributed by atoms with van der Waals surface area (Å²) in [5.41, 5.74) is 3.37. The number of nitrogens with zero attached hydrogens (tertiary/aromatic N) is 1. The first kappa shape index (κ1) is 17.4. The lowest BCUT2D eigenvalue weighted by Gasteiger charge is -2.26. The van der Waals surface area contributed by atoms with Crippen molar-refractivity contribution in [1.82, 2.24) is 4.90 Å². The highest BCUT2D eigenvalue weighted by molar-refractivity contribution is 7.81. The maximum atomic E-state index is 12.5. The predicted molar refractivity (Wildman–Crippen MR) is 93.1 cm³/mol. The summed E-state index contributed by atoms with van der Waals surface area (Å²) in [5, 5.41) is 9.35. The summed E-state index contributed by atoms with van der Waals surface area (Å²) in [6.07, 6.45) is 3.08. The Balaban J connectivity index is 1.59. The summed E-state index contributed by atoms with van der Waals surface area (Å²) in [6.45, 7) is 2.40. The van der Waals surface area contributed by atoms with Crippen molar-refractivity contribution < 1.29 is 21.6 Å². The van der Waals surface area contributed by atoms with Crippen molar-refractivity contribution in [3.8, 4) is 11.5 Å². The monoisotopic (exact) mass is 363 g/mol. The second kappa shape index (κ2) is 7.25. The van der Waals surface area contributed by atoms with Gasteiger partial charge < -0.3 is 9.29 Å². The molecule has 0 unspecified atom stereocenters. The van der Waals surface area contributed by atoms with Gasteiger partial charge in [0.25, 0.3) is 0 Å². The summed E-state index contributed by atoms with van der Waals surface area (Å²) in [5.74, 6) is 0.217. The first-order chi connectivity index (χ1) is 11.9. The molecule has 1 heterocycles. The molecule has 1 aliphatic rings. The summed E-state index contributed by atoms with van der Waals surface area (Å²) in [4.78, 5) is 2.26. The fourth-order valence-corrected chi connectivity index (χ4v) is 3.16. The van der Waals surface area contributed by atoms with Crippen LogP contribution in [-0.4, -0.2) is 31.5 Å². The van der Waals surface area contributed by atoms with Crippen LogP contribution in [0.15, 0.2) is 54.6 Å². The molecular formula is C18H18FNO4S. The molecule has 0 spiro atoms. The van der Waals surface area contributed by atoms with Crippen LogP contribution in [-0.2, 0) is 17.0 Å². The fraction of sp³-hybridized carbons (Fsp3) is 0.222. The minimum atomic E-state index is -4.99. The van der Waals surface area contributed by atoms with E-state index in [0.717, 1.165) is 30.6 Å². The predicted octanol–water partition coefficient (Wildman–Crippen LogP) is 3.27. The molecule has 3 rings (SSSR count). The lowest BCUT2D eigenvalue weighted by molar-refractivity contribution is 0.294. The van der Waals surface area contributed by atoms with Gasteiger partial charge in [-0.1, -0.05) is 34.2 Å². The van der Waals surface area contributed by atoms with Gasteiger partial charge in [0.1, 0.15) is 11.5 Å². The van der Waals surface area contributed by atoms with E-state index in [1.54, 1.807) is 24.3 Å². The van der Waals surface area contributed by atoms with Gasteiger partial charge in [0.15, 0.2) is 0 Å². The molecule has 0 aliphatic carbocycles. The average Bonchev–Trinajstić information content (AvgIpc) is 2.57. The molecule has 2 aromatic rings. The van der Waals surface area contributed by atoms with Crippen LogP contribution in [0.4, 0.5) is 3.89 Å². The van der Waals surface area contributed by atoms with Crippen LogP contribution in [0.3, 0.4) is 0 Å². The quantitative estimate of drug-likeness (QED) is 0.826. The Bertz CT molecular complexity index is 861. The van der Waals surface area contributed by atoms with Crippen LogP contribution in [0.1, 0.15) is 17.5 Å². The maximum Gasteiger partial charge on any atom is 0.488 e. The van der Waals surface area contributed by atoms with Gasteiger partial charge in [0.2, 0.25) is 0 Å². The first-order valence-electron chi connectivity index (χ1n) is 7.83. The highest BCUT2D eigenvalue weighted by Crippen LogP contribution is 2.25. The number of rotatable bonds is 5. The van der Waals surface area contributed by atoms with Crippen molar-refractivity contribution in [2.75, 3.05) is 13.1 Å². The molecule has 0 atom stereocenters. The lowest BCUT2D eigenvalue weighted by atomic mass is 9.99. The van der Waals surface area contributed by atoms with E-state index in [1.807, 2.05) is 12.1 Å². The number of halogens is 1. The van der Waals surface area contributed by atoms with Crippen molar-refractivity contribution in [2.45, 2.75) is 13.0 Å². The molecule has 0 radical (unpaired) electrons. The zero-order valence-electron chi connectivity index (χ0n) is 13.4. The molecule has 0 saturated heterocycles. The Morgan fingerprint density at radius 1 is 1.08 bits per heavy atom. The van der Waals surface area contributed by atoms with E-state index in [9.17, 15) is 17.4 Å². The van der Waals surface area contributed by atoms with Crippen molar-refractivity contribution >= 4 is 16.1 Å². The third kappa shape index (κ3) is 5.04. The number of aromatic hydroxyl groups is 1. The molecule has 5 nitrogen and oxygen atoms in total. The van der Waals surface area contributed by atoms with E-state index in [2.05, 4.69) is 15.2 Å². The third-order valence-corrected chi connectivity index (χ3v) is 4.45. The second-order valence-electron chi connectivity index (χ2n) is 5.88. The summed E-state index contributed by atoms with van der Waals surface area (Å²) < 4.78 is 37.6. The number of phenolic OH excluding ortho intramolecular Hbond substituents is 1. The van der Waals surface area contributed by atoms with Crippen LogP contribution in [0, 0.1) is 0 Å². The van der Waals surface area contributed by atoms with E-state index >= 15 is 0 Å². The van der Waals surface area contributed by atoms with E-state index in [4.69, 9.17) is 0 Å². The Kier molecular flexibility index (Phi) is 5.06. The molecule has 0 bridgehead atoms. The zero-order chi connectivity index (χ0) is 17.9. The first-order valence-corrected chi connectivity index (χ1v) is 9.14. The zero-order valence-corrected chi connectivity index (χ0v) is 14.2. The van der Waals surface area contributed by atoms with Crippen LogP contribution < -0.4 is 4.18 Å². The van der Waals surface area contributed by atoms with E-state index in [0.29, 0.717) is 6.54 Å².